The minimum absolute atomic E-state index is 0.00243. The van der Waals surface area contributed by atoms with E-state index < -0.39 is 0 Å². The fourth-order valence-electron chi connectivity index (χ4n) is 3.51. The van der Waals surface area contributed by atoms with E-state index >= 15 is 0 Å². The highest BCUT2D eigenvalue weighted by Crippen LogP contribution is 2.23. The molecule has 0 aromatic heterocycles. The molecule has 3 aromatic carbocycles. The molecule has 1 atom stereocenters. The topological polar surface area (TPSA) is 76.7 Å². The molecule has 6 heteroatoms. The summed E-state index contributed by atoms with van der Waals surface area (Å²) in [6, 6.07) is 25.6. The lowest BCUT2D eigenvalue weighted by Crippen LogP contribution is -2.38. The maximum absolute atomic E-state index is 13.0. The third-order valence-corrected chi connectivity index (χ3v) is 5.19. The van der Waals surface area contributed by atoms with Crippen LogP contribution in [0.15, 0.2) is 90.6 Å². The first-order valence-corrected chi connectivity index (χ1v) is 11.0. The lowest BCUT2D eigenvalue weighted by Gasteiger charge is -2.14. The summed E-state index contributed by atoms with van der Waals surface area (Å²) >= 11 is 0. The van der Waals surface area contributed by atoms with Crippen LogP contribution in [-0.4, -0.2) is 31.1 Å². The maximum atomic E-state index is 13.0. The Labute approximate surface area is 193 Å². The van der Waals surface area contributed by atoms with Gasteiger partial charge in [0.15, 0.2) is 0 Å². The largest absolute Gasteiger partial charge is 0.457 e. The van der Waals surface area contributed by atoms with Crippen molar-refractivity contribution in [2.45, 2.75) is 18.9 Å². The van der Waals surface area contributed by atoms with Crippen LogP contribution in [0.1, 0.15) is 28.8 Å². The number of hydrogen-bond donors (Lipinski definition) is 2. The van der Waals surface area contributed by atoms with E-state index in [0.29, 0.717) is 30.2 Å². The number of hydrogen-bond acceptors (Lipinski definition) is 4. The van der Waals surface area contributed by atoms with Gasteiger partial charge < -0.3 is 20.1 Å². The third-order valence-electron chi connectivity index (χ3n) is 5.19. The zero-order valence-corrected chi connectivity index (χ0v) is 18.2. The summed E-state index contributed by atoms with van der Waals surface area (Å²) in [4.78, 5) is 25.7. The van der Waals surface area contributed by atoms with Gasteiger partial charge in [-0.15, -0.1) is 0 Å². The lowest BCUT2D eigenvalue weighted by molar-refractivity contribution is -0.118. The molecule has 4 rings (SSSR count). The van der Waals surface area contributed by atoms with E-state index in [1.807, 2.05) is 60.7 Å². The number of ether oxygens (including phenoxy) is 2. The van der Waals surface area contributed by atoms with Crippen LogP contribution in [0.4, 0.5) is 0 Å². The fourth-order valence-corrected chi connectivity index (χ4v) is 3.51. The normalized spacial score (nSPS) is 15.6. The Bertz CT molecular complexity index is 1110. The molecule has 6 nitrogen and oxygen atoms in total. The van der Waals surface area contributed by atoms with Gasteiger partial charge in [-0.05, 0) is 60.9 Å². The minimum Gasteiger partial charge on any atom is -0.457 e. The first-order valence-electron chi connectivity index (χ1n) is 11.0. The van der Waals surface area contributed by atoms with Crippen molar-refractivity contribution in [3.63, 3.8) is 0 Å². The van der Waals surface area contributed by atoms with Crippen molar-refractivity contribution in [1.82, 2.24) is 10.6 Å². The highest BCUT2D eigenvalue weighted by Gasteiger charge is 2.19. The SMILES string of the molecule is O=C(NC[C@H]1CCCO1)/C(=C/c1cccc(Oc2ccccc2)c1)NC(=O)c1ccccc1. The summed E-state index contributed by atoms with van der Waals surface area (Å²) in [5, 5.41) is 5.63. The Hall–Kier alpha value is -3.90. The molecule has 0 radical (unpaired) electrons. The molecule has 1 fully saturated rings. The van der Waals surface area contributed by atoms with Crippen molar-refractivity contribution >= 4 is 17.9 Å². The van der Waals surface area contributed by atoms with Gasteiger partial charge in [0.05, 0.1) is 6.10 Å². The van der Waals surface area contributed by atoms with Gasteiger partial charge in [0.2, 0.25) is 0 Å². The summed E-state index contributed by atoms with van der Waals surface area (Å²) in [6.45, 7) is 1.11. The second-order valence-corrected chi connectivity index (χ2v) is 7.71. The molecule has 2 N–H and O–H groups in total. The number of carbonyl (C=O) groups is 2. The summed E-state index contributed by atoms with van der Waals surface area (Å²) < 4.78 is 11.5. The van der Waals surface area contributed by atoms with E-state index in [1.165, 1.54) is 0 Å². The highest BCUT2D eigenvalue weighted by molar-refractivity contribution is 6.05. The second kappa shape index (κ2) is 11.1. The van der Waals surface area contributed by atoms with Crippen molar-refractivity contribution in [3.05, 3.63) is 102 Å². The number of rotatable bonds is 8. The smallest absolute Gasteiger partial charge is 0.267 e. The number of carbonyl (C=O) groups excluding carboxylic acids is 2. The van der Waals surface area contributed by atoms with Crippen molar-refractivity contribution in [3.8, 4) is 11.5 Å². The van der Waals surface area contributed by atoms with Crippen LogP contribution in [0, 0.1) is 0 Å². The van der Waals surface area contributed by atoms with Crippen LogP contribution in [0.5, 0.6) is 11.5 Å². The van der Waals surface area contributed by atoms with Crippen molar-refractivity contribution in [2.75, 3.05) is 13.2 Å². The van der Waals surface area contributed by atoms with Gasteiger partial charge in [0, 0.05) is 18.7 Å². The molecule has 0 bridgehead atoms. The molecular weight excluding hydrogens is 416 g/mol. The van der Waals surface area contributed by atoms with Crippen LogP contribution in [-0.2, 0) is 9.53 Å². The molecule has 1 heterocycles. The summed E-state index contributed by atoms with van der Waals surface area (Å²) in [6.07, 6.45) is 3.54. The predicted octanol–water partition coefficient (Wildman–Crippen LogP) is 4.55. The second-order valence-electron chi connectivity index (χ2n) is 7.71. The Kier molecular flexibility index (Phi) is 7.51. The Morgan fingerprint density at radius 1 is 0.939 bits per heavy atom. The molecule has 0 saturated carbocycles. The third kappa shape index (κ3) is 6.54. The maximum Gasteiger partial charge on any atom is 0.267 e. The molecule has 168 valence electrons. The van der Waals surface area contributed by atoms with Gasteiger partial charge in [-0.1, -0.05) is 48.5 Å². The quantitative estimate of drug-likeness (QED) is 0.502. The highest BCUT2D eigenvalue weighted by atomic mass is 16.5. The molecule has 1 aliphatic rings. The van der Waals surface area contributed by atoms with Gasteiger partial charge in [-0.3, -0.25) is 9.59 Å². The Morgan fingerprint density at radius 2 is 1.67 bits per heavy atom. The zero-order valence-electron chi connectivity index (χ0n) is 18.2. The lowest BCUT2D eigenvalue weighted by atomic mass is 10.1. The van der Waals surface area contributed by atoms with Crippen LogP contribution >= 0.6 is 0 Å². The van der Waals surface area contributed by atoms with Crippen molar-refractivity contribution in [1.29, 1.82) is 0 Å². The molecule has 1 aliphatic heterocycles. The molecular formula is C27H26N2O4. The van der Waals surface area contributed by atoms with E-state index in [-0.39, 0.29) is 23.6 Å². The monoisotopic (exact) mass is 442 g/mol. The molecule has 33 heavy (non-hydrogen) atoms. The van der Waals surface area contributed by atoms with E-state index in [4.69, 9.17) is 9.47 Å². The number of nitrogens with one attached hydrogen (secondary N) is 2. The Balaban J connectivity index is 1.54. The predicted molar refractivity (Wildman–Crippen MR) is 127 cm³/mol. The summed E-state index contributed by atoms with van der Waals surface area (Å²) in [5.41, 5.74) is 1.34. The average molecular weight is 443 g/mol. The first kappa shape index (κ1) is 22.3. The van der Waals surface area contributed by atoms with E-state index in [1.54, 1.807) is 30.3 Å². The number of benzene rings is 3. The molecule has 3 aromatic rings. The fraction of sp³-hybridized carbons (Fsp3) is 0.185. The Morgan fingerprint density at radius 3 is 2.39 bits per heavy atom. The van der Waals surface area contributed by atoms with Gasteiger partial charge in [-0.25, -0.2) is 0 Å². The molecule has 2 amide bonds. The molecule has 0 spiro atoms. The van der Waals surface area contributed by atoms with Gasteiger partial charge in [-0.2, -0.15) is 0 Å². The van der Waals surface area contributed by atoms with E-state index in [2.05, 4.69) is 10.6 Å². The zero-order chi connectivity index (χ0) is 22.9. The molecule has 0 unspecified atom stereocenters. The number of para-hydroxylation sites is 1. The van der Waals surface area contributed by atoms with Gasteiger partial charge >= 0.3 is 0 Å². The van der Waals surface area contributed by atoms with Crippen LogP contribution in [0.25, 0.3) is 6.08 Å². The van der Waals surface area contributed by atoms with Gasteiger partial charge in [0.25, 0.3) is 11.8 Å². The van der Waals surface area contributed by atoms with Crippen LogP contribution in [0.2, 0.25) is 0 Å². The van der Waals surface area contributed by atoms with Gasteiger partial charge in [0.1, 0.15) is 17.2 Å². The average Bonchev–Trinajstić information content (AvgIpc) is 3.37. The van der Waals surface area contributed by atoms with Crippen LogP contribution in [0.3, 0.4) is 0 Å². The van der Waals surface area contributed by atoms with E-state index in [0.717, 1.165) is 18.4 Å². The van der Waals surface area contributed by atoms with Crippen LogP contribution < -0.4 is 15.4 Å². The van der Waals surface area contributed by atoms with Crippen molar-refractivity contribution < 1.29 is 19.1 Å². The summed E-state index contributed by atoms with van der Waals surface area (Å²) in [5.74, 6) is 0.615. The standard InChI is InChI=1S/C27H26N2O4/c30-26(21-10-3-1-4-11-21)29-25(27(31)28-19-24-15-8-16-32-24)18-20-9-7-14-23(17-20)33-22-12-5-2-6-13-22/h1-7,9-14,17-18,24H,8,15-16,19H2,(H,28,31)(H,29,30)/b25-18-/t24-/m1/s1. The summed E-state index contributed by atoms with van der Waals surface area (Å²) in [7, 11) is 0. The molecule has 0 aliphatic carbocycles. The number of amides is 2. The van der Waals surface area contributed by atoms with E-state index in [9.17, 15) is 9.59 Å². The van der Waals surface area contributed by atoms with Crippen molar-refractivity contribution in [2.24, 2.45) is 0 Å². The first-order chi connectivity index (χ1) is 16.2. The minimum atomic E-state index is -0.371. The molecule has 1 saturated heterocycles.